The van der Waals surface area contributed by atoms with Crippen LogP contribution >= 0.6 is 0 Å². The molecular formula is C13H18N4O. The van der Waals surface area contributed by atoms with Crippen LogP contribution in [0, 0.1) is 11.3 Å². The third kappa shape index (κ3) is 4.93. The summed E-state index contributed by atoms with van der Waals surface area (Å²) < 4.78 is 0. The third-order valence-electron chi connectivity index (χ3n) is 2.57. The maximum Gasteiger partial charge on any atom is 0.236 e. The monoisotopic (exact) mass is 246 g/mol. The summed E-state index contributed by atoms with van der Waals surface area (Å²) in [4.78, 5) is 19.4. The lowest BCUT2D eigenvalue weighted by Gasteiger charge is -2.21. The Morgan fingerprint density at radius 2 is 2.28 bits per heavy atom. The van der Waals surface area contributed by atoms with Crippen molar-refractivity contribution in [2.45, 2.75) is 13.0 Å². The summed E-state index contributed by atoms with van der Waals surface area (Å²) in [6, 6.07) is 5.89. The minimum atomic E-state index is 0.0247. The Morgan fingerprint density at radius 3 is 2.89 bits per heavy atom. The highest BCUT2D eigenvalue weighted by atomic mass is 16.2. The molecule has 5 nitrogen and oxygen atoms in total. The van der Waals surface area contributed by atoms with Gasteiger partial charge in [-0.05, 0) is 18.7 Å². The highest BCUT2D eigenvalue weighted by Gasteiger charge is 2.11. The Labute approximate surface area is 108 Å². The van der Waals surface area contributed by atoms with Gasteiger partial charge in [0.25, 0.3) is 0 Å². The molecule has 0 saturated carbocycles. The largest absolute Gasteiger partial charge is 0.344 e. The van der Waals surface area contributed by atoms with Crippen molar-refractivity contribution in [1.82, 2.24) is 14.8 Å². The second-order valence-electron chi connectivity index (χ2n) is 4.26. The van der Waals surface area contributed by atoms with Crippen molar-refractivity contribution in [1.29, 1.82) is 5.26 Å². The second kappa shape index (κ2) is 7.41. The summed E-state index contributed by atoms with van der Waals surface area (Å²) in [7, 11) is 3.61. The molecule has 18 heavy (non-hydrogen) atoms. The molecule has 1 aromatic heterocycles. The van der Waals surface area contributed by atoms with Crippen molar-refractivity contribution < 1.29 is 4.79 Å². The lowest BCUT2D eigenvalue weighted by molar-refractivity contribution is -0.130. The van der Waals surface area contributed by atoms with Gasteiger partial charge in [0, 0.05) is 32.5 Å². The Bertz CT molecular complexity index is 413. The molecule has 0 aliphatic carbocycles. The number of hydrogen-bond acceptors (Lipinski definition) is 4. The molecule has 0 unspecified atom stereocenters. The second-order valence-corrected chi connectivity index (χ2v) is 4.26. The van der Waals surface area contributed by atoms with E-state index in [2.05, 4.69) is 4.98 Å². The average Bonchev–Trinajstić information content (AvgIpc) is 2.36. The van der Waals surface area contributed by atoms with Gasteiger partial charge in [0.15, 0.2) is 0 Å². The first-order chi connectivity index (χ1) is 8.63. The zero-order valence-electron chi connectivity index (χ0n) is 10.8. The lowest BCUT2D eigenvalue weighted by atomic mass is 10.2. The molecule has 0 saturated heterocycles. The fourth-order valence-corrected chi connectivity index (χ4v) is 1.55. The van der Waals surface area contributed by atoms with Crippen LogP contribution in [-0.2, 0) is 11.3 Å². The van der Waals surface area contributed by atoms with Crippen LogP contribution in [-0.4, -0.2) is 47.9 Å². The van der Waals surface area contributed by atoms with E-state index in [9.17, 15) is 4.79 Å². The SMILES string of the molecule is CN(CC(=O)N(C)CCC#N)Cc1cccnc1. The normalized spacial score (nSPS) is 10.1. The number of rotatable bonds is 6. The van der Waals surface area contributed by atoms with Gasteiger partial charge in [-0.1, -0.05) is 6.07 Å². The number of nitriles is 1. The minimum absolute atomic E-state index is 0.0247. The van der Waals surface area contributed by atoms with Crippen LogP contribution in [0.5, 0.6) is 0 Å². The number of amides is 1. The molecule has 0 spiro atoms. The van der Waals surface area contributed by atoms with E-state index in [4.69, 9.17) is 5.26 Å². The molecule has 0 radical (unpaired) electrons. The van der Waals surface area contributed by atoms with Crippen LogP contribution < -0.4 is 0 Å². The van der Waals surface area contributed by atoms with Gasteiger partial charge in [0.2, 0.25) is 5.91 Å². The van der Waals surface area contributed by atoms with Crippen molar-refractivity contribution in [2.24, 2.45) is 0 Å². The molecule has 0 bridgehead atoms. The van der Waals surface area contributed by atoms with Crippen LogP contribution in [0.1, 0.15) is 12.0 Å². The lowest BCUT2D eigenvalue weighted by Crippen LogP contribution is -2.36. The topological polar surface area (TPSA) is 60.2 Å². The molecule has 96 valence electrons. The number of nitrogens with zero attached hydrogens (tertiary/aromatic N) is 4. The van der Waals surface area contributed by atoms with E-state index in [1.165, 1.54) is 0 Å². The van der Waals surface area contributed by atoms with Gasteiger partial charge in [-0.25, -0.2) is 0 Å². The van der Waals surface area contributed by atoms with Gasteiger partial charge in [0.05, 0.1) is 19.0 Å². The number of hydrogen-bond donors (Lipinski definition) is 0. The first kappa shape index (κ1) is 14.1. The molecule has 0 aromatic carbocycles. The standard InChI is InChI=1S/C13H18N4O/c1-16(10-12-5-3-7-15-9-12)11-13(18)17(2)8-4-6-14/h3,5,7,9H,4,8,10-11H2,1-2H3. The van der Waals surface area contributed by atoms with Crippen molar-refractivity contribution in [3.8, 4) is 6.07 Å². The van der Waals surface area contributed by atoms with Crippen molar-refractivity contribution in [3.63, 3.8) is 0 Å². The number of pyridine rings is 1. The summed E-state index contributed by atoms with van der Waals surface area (Å²) in [5.41, 5.74) is 1.08. The molecule has 0 aliphatic heterocycles. The van der Waals surface area contributed by atoms with E-state index in [1.807, 2.05) is 30.1 Å². The van der Waals surface area contributed by atoms with Gasteiger partial charge >= 0.3 is 0 Å². The number of likely N-dealkylation sites (N-methyl/N-ethyl adjacent to an activating group) is 2. The smallest absolute Gasteiger partial charge is 0.236 e. The van der Waals surface area contributed by atoms with Gasteiger partial charge in [-0.15, -0.1) is 0 Å². The Kier molecular flexibility index (Phi) is 5.81. The molecule has 1 aromatic rings. The van der Waals surface area contributed by atoms with E-state index >= 15 is 0 Å². The molecular weight excluding hydrogens is 228 g/mol. The van der Waals surface area contributed by atoms with Crippen LogP contribution in [0.4, 0.5) is 0 Å². The maximum atomic E-state index is 11.8. The van der Waals surface area contributed by atoms with E-state index in [-0.39, 0.29) is 5.91 Å². The van der Waals surface area contributed by atoms with Crippen LogP contribution in [0.25, 0.3) is 0 Å². The van der Waals surface area contributed by atoms with E-state index in [1.54, 1.807) is 24.3 Å². The molecule has 0 aliphatic rings. The van der Waals surface area contributed by atoms with Gasteiger partial charge in [-0.3, -0.25) is 14.7 Å². The minimum Gasteiger partial charge on any atom is -0.344 e. The van der Waals surface area contributed by atoms with E-state index < -0.39 is 0 Å². The molecule has 1 amide bonds. The third-order valence-corrected chi connectivity index (χ3v) is 2.57. The van der Waals surface area contributed by atoms with Crippen LogP contribution in [0.3, 0.4) is 0 Å². The molecule has 0 N–H and O–H groups in total. The number of carbonyl (C=O) groups excluding carboxylic acids is 1. The van der Waals surface area contributed by atoms with Crippen molar-refractivity contribution >= 4 is 5.91 Å². The number of carbonyl (C=O) groups is 1. The molecule has 1 rings (SSSR count). The zero-order valence-corrected chi connectivity index (χ0v) is 10.8. The van der Waals surface area contributed by atoms with Gasteiger partial charge in [0.1, 0.15) is 0 Å². The first-order valence-corrected chi connectivity index (χ1v) is 5.82. The van der Waals surface area contributed by atoms with Gasteiger partial charge < -0.3 is 4.90 Å². The predicted molar refractivity (Wildman–Crippen MR) is 68.4 cm³/mol. The summed E-state index contributed by atoms with van der Waals surface area (Å²) in [6.45, 7) is 1.51. The first-order valence-electron chi connectivity index (χ1n) is 5.82. The summed E-state index contributed by atoms with van der Waals surface area (Å²) in [5, 5.41) is 8.47. The Morgan fingerprint density at radius 1 is 1.50 bits per heavy atom. The van der Waals surface area contributed by atoms with E-state index in [0.29, 0.717) is 26.1 Å². The quantitative estimate of drug-likeness (QED) is 0.747. The molecule has 0 atom stereocenters. The maximum absolute atomic E-state index is 11.8. The summed E-state index contributed by atoms with van der Waals surface area (Å²) in [6.07, 6.45) is 3.89. The van der Waals surface area contributed by atoms with Crippen LogP contribution in [0.2, 0.25) is 0 Å². The van der Waals surface area contributed by atoms with Crippen molar-refractivity contribution in [3.05, 3.63) is 30.1 Å². The molecule has 5 heteroatoms. The van der Waals surface area contributed by atoms with Crippen molar-refractivity contribution in [2.75, 3.05) is 27.2 Å². The Balaban J connectivity index is 2.38. The highest BCUT2D eigenvalue weighted by molar-refractivity contribution is 5.77. The van der Waals surface area contributed by atoms with Gasteiger partial charge in [-0.2, -0.15) is 5.26 Å². The van der Waals surface area contributed by atoms with Crippen LogP contribution in [0.15, 0.2) is 24.5 Å². The highest BCUT2D eigenvalue weighted by Crippen LogP contribution is 2.01. The van der Waals surface area contributed by atoms with E-state index in [0.717, 1.165) is 5.56 Å². The number of aromatic nitrogens is 1. The zero-order chi connectivity index (χ0) is 13.4. The summed E-state index contributed by atoms with van der Waals surface area (Å²) >= 11 is 0. The predicted octanol–water partition coefficient (Wildman–Crippen LogP) is 0.885. The fourth-order valence-electron chi connectivity index (χ4n) is 1.55. The molecule has 0 fully saturated rings. The Hall–Kier alpha value is -1.93. The fraction of sp³-hybridized carbons (Fsp3) is 0.462. The molecule has 1 heterocycles. The average molecular weight is 246 g/mol. The summed E-state index contributed by atoms with van der Waals surface area (Å²) in [5.74, 6) is 0.0247.